The third-order valence-electron chi connectivity index (χ3n) is 3.77. The molecule has 0 aliphatic carbocycles. The molecule has 2 aromatic heterocycles. The van der Waals surface area contributed by atoms with Gasteiger partial charge >= 0.3 is 0 Å². The predicted molar refractivity (Wildman–Crippen MR) is 95.0 cm³/mol. The van der Waals surface area contributed by atoms with Gasteiger partial charge in [-0.15, -0.1) is 11.3 Å². The molecule has 1 N–H and O–H groups in total. The lowest BCUT2D eigenvalue weighted by atomic mass is 10.1. The quantitative estimate of drug-likeness (QED) is 0.746. The summed E-state index contributed by atoms with van der Waals surface area (Å²) in [6.07, 6.45) is 0. The van der Waals surface area contributed by atoms with Crippen LogP contribution in [0.2, 0.25) is 0 Å². The van der Waals surface area contributed by atoms with E-state index in [1.54, 1.807) is 17.4 Å². The third-order valence-corrected chi connectivity index (χ3v) is 4.65. The number of nitrogens with zero attached hydrogens (tertiary/aromatic N) is 2. The molecule has 6 heteroatoms. The van der Waals surface area contributed by atoms with Crippen molar-refractivity contribution in [2.24, 2.45) is 0 Å². The van der Waals surface area contributed by atoms with Crippen LogP contribution in [0.15, 0.2) is 58.4 Å². The molecule has 0 aliphatic rings. The van der Waals surface area contributed by atoms with Gasteiger partial charge in [-0.3, -0.25) is 4.79 Å². The van der Waals surface area contributed by atoms with Gasteiger partial charge in [0.25, 0.3) is 5.91 Å². The van der Waals surface area contributed by atoms with Crippen LogP contribution in [-0.4, -0.2) is 36.6 Å². The molecule has 3 rings (SSSR count). The summed E-state index contributed by atoms with van der Waals surface area (Å²) < 4.78 is 5.26. The number of benzene rings is 1. The van der Waals surface area contributed by atoms with Crippen molar-refractivity contribution >= 4 is 17.2 Å². The van der Waals surface area contributed by atoms with E-state index in [0.29, 0.717) is 18.0 Å². The van der Waals surface area contributed by atoms with Gasteiger partial charge in [0.05, 0.1) is 10.9 Å². The normalized spacial score (nSPS) is 12.3. The number of thiophene rings is 1. The Morgan fingerprint density at radius 2 is 2.04 bits per heavy atom. The molecule has 2 heterocycles. The maximum absolute atomic E-state index is 12.3. The van der Waals surface area contributed by atoms with Crippen molar-refractivity contribution in [2.45, 2.75) is 6.04 Å². The van der Waals surface area contributed by atoms with E-state index in [-0.39, 0.29) is 11.9 Å². The Labute approximate surface area is 144 Å². The van der Waals surface area contributed by atoms with E-state index < -0.39 is 0 Å². The lowest BCUT2D eigenvalue weighted by Crippen LogP contribution is -2.34. The first-order valence-corrected chi connectivity index (χ1v) is 8.53. The summed E-state index contributed by atoms with van der Waals surface area (Å²) in [5.41, 5.74) is 1.45. The Hall–Kier alpha value is -2.44. The van der Waals surface area contributed by atoms with Crippen molar-refractivity contribution in [3.63, 3.8) is 0 Å². The highest BCUT2D eigenvalue weighted by Crippen LogP contribution is 2.25. The second kappa shape index (κ2) is 7.42. The largest absolute Gasteiger partial charge is 0.355 e. The summed E-state index contributed by atoms with van der Waals surface area (Å²) in [6, 6.07) is 15.7. The van der Waals surface area contributed by atoms with Gasteiger partial charge in [-0.1, -0.05) is 41.6 Å². The molecular formula is C18H19N3O2S. The van der Waals surface area contributed by atoms with E-state index in [1.165, 1.54) is 0 Å². The van der Waals surface area contributed by atoms with Crippen molar-refractivity contribution < 1.29 is 9.32 Å². The molecule has 0 spiro atoms. The molecule has 0 saturated carbocycles. The van der Waals surface area contributed by atoms with Crippen LogP contribution in [-0.2, 0) is 0 Å². The number of carbonyl (C=O) groups is 1. The fourth-order valence-electron chi connectivity index (χ4n) is 2.47. The van der Waals surface area contributed by atoms with Gasteiger partial charge in [0.15, 0.2) is 11.5 Å². The zero-order valence-corrected chi connectivity index (χ0v) is 14.4. The Bertz CT molecular complexity index is 782. The summed E-state index contributed by atoms with van der Waals surface area (Å²) in [7, 11) is 3.99. The number of nitrogens with one attached hydrogen (secondary N) is 1. The van der Waals surface area contributed by atoms with Gasteiger partial charge in [-0.25, -0.2) is 0 Å². The van der Waals surface area contributed by atoms with Gasteiger partial charge in [0.1, 0.15) is 0 Å². The molecule has 0 fully saturated rings. The van der Waals surface area contributed by atoms with Crippen molar-refractivity contribution in [3.8, 4) is 10.6 Å². The fourth-order valence-corrected chi connectivity index (χ4v) is 3.14. The highest BCUT2D eigenvalue weighted by molar-refractivity contribution is 7.13. The van der Waals surface area contributed by atoms with E-state index in [9.17, 15) is 4.79 Å². The summed E-state index contributed by atoms with van der Waals surface area (Å²) >= 11 is 1.55. The van der Waals surface area contributed by atoms with Gasteiger partial charge in [-0.2, -0.15) is 0 Å². The molecular weight excluding hydrogens is 322 g/mol. The second-order valence-corrected chi connectivity index (χ2v) is 6.60. The molecule has 1 atom stereocenters. The number of hydrogen-bond donors (Lipinski definition) is 1. The molecule has 0 saturated heterocycles. The zero-order chi connectivity index (χ0) is 16.9. The highest BCUT2D eigenvalue weighted by atomic mass is 32.1. The summed E-state index contributed by atoms with van der Waals surface area (Å²) in [6.45, 7) is 0.497. The van der Waals surface area contributed by atoms with Crippen LogP contribution < -0.4 is 5.32 Å². The Morgan fingerprint density at radius 3 is 2.71 bits per heavy atom. The maximum Gasteiger partial charge on any atom is 0.273 e. The number of carbonyl (C=O) groups excluding carboxylic acids is 1. The average molecular weight is 341 g/mol. The minimum atomic E-state index is -0.232. The van der Waals surface area contributed by atoms with Gasteiger partial charge in [0, 0.05) is 12.6 Å². The predicted octanol–water partition coefficient (Wildman–Crippen LogP) is 3.44. The van der Waals surface area contributed by atoms with Crippen LogP contribution in [0.5, 0.6) is 0 Å². The van der Waals surface area contributed by atoms with Gasteiger partial charge in [-0.05, 0) is 31.1 Å². The second-order valence-electron chi connectivity index (χ2n) is 5.65. The molecule has 24 heavy (non-hydrogen) atoms. The molecule has 0 radical (unpaired) electrons. The number of likely N-dealkylation sites (N-methyl/N-ethyl adjacent to an activating group) is 1. The van der Waals surface area contributed by atoms with Crippen molar-refractivity contribution in [3.05, 3.63) is 65.2 Å². The third kappa shape index (κ3) is 3.72. The lowest BCUT2D eigenvalue weighted by Gasteiger charge is -2.24. The average Bonchev–Trinajstić information content (AvgIpc) is 3.27. The van der Waals surface area contributed by atoms with E-state index in [4.69, 9.17) is 4.52 Å². The Kier molecular flexibility index (Phi) is 5.08. The molecule has 5 nitrogen and oxygen atoms in total. The van der Waals surface area contributed by atoms with Crippen LogP contribution in [0.3, 0.4) is 0 Å². The zero-order valence-electron chi connectivity index (χ0n) is 13.6. The van der Waals surface area contributed by atoms with E-state index >= 15 is 0 Å². The van der Waals surface area contributed by atoms with Crippen molar-refractivity contribution in [1.82, 2.24) is 15.4 Å². The van der Waals surface area contributed by atoms with Crippen LogP contribution >= 0.6 is 11.3 Å². The monoisotopic (exact) mass is 341 g/mol. The standard InChI is InChI=1S/C18H19N3O2S/c1-21(2)15(13-7-4-3-5-8-13)12-19-18(22)14-11-16(23-20-14)17-9-6-10-24-17/h3-11,15H,12H2,1-2H3,(H,19,22)/t15-/m0/s1. The van der Waals surface area contributed by atoms with E-state index in [1.807, 2.05) is 49.8 Å². The first-order valence-electron chi connectivity index (χ1n) is 7.65. The molecule has 1 amide bonds. The molecule has 0 unspecified atom stereocenters. The Morgan fingerprint density at radius 1 is 1.25 bits per heavy atom. The highest BCUT2D eigenvalue weighted by Gasteiger charge is 2.18. The van der Waals surface area contributed by atoms with Crippen LogP contribution in [0.1, 0.15) is 22.1 Å². The summed E-state index contributed by atoms with van der Waals surface area (Å²) in [5, 5.41) is 8.77. The van der Waals surface area contributed by atoms with Crippen LogP contribution in [0.4, 0.5) is 0 Å². The summed E-state index contributed by atoms with van der Waals surface area (Å²) in [5.74, 6) is 0.381. The lowest BCUT2D eigenvalue weighted by molar-refractivity contribution is 0.0933. The number of amides is 1. The van der Waals surface area contributed by atoms with Crippen molar-refractivity contribution in [2.75, 3.05) is 20.6 Å². The van der Waals surface area contributed by atoms with Crippen LogP contribution in [0.25, 0.3) is 10.6 Å². The first kappa shape index (κ1) is 16.4. The topological polar surface area (TPSA) is 58.4 Å². The van der Waals surface area contributed by atoms with E-state index in [2.05, 4.69) is 27.5 Å². The van der Waals surface area contributed by atoms with Crippen molar-refractivity contribution in [1.29, 1.82) is 0 Å². The number of aromatic nitrogens is 1. The first-order chi connectivity index (χ1) is 11.6. The smallest absolute Gasteiger partial charge is 0.273 e. The van der Waals surface area contributed by atoms with Crippen LogP contribution in [0, 0.1) is 0 Å². The minimum Gasteiger partial charge on any atom is -0.355 e. The summed E-state index contributed by atoms with van der Waals surface area (Å²) in [4.78, 5) is 15.4. The van der Waals surface area contributed by atoms with E-state index in [0.717, 1.165) is 10.4 Å². The maximum atomic E-state index is 12.3. The molecule has 3 aromatic rings. The SMILES string of the molecule is CN(C)[C@@H](CNC(=O)c1cc(-c2cccs2)on1)c1ccccc1. The molecule has 0 bridgehead atoms. The number of hydrogen-bond acceptors (Lipinski definition) is 5. The molecule has 0 aliphatic heterocycles. The fraction of sp³-hybridized carbons (Fsp3) is 0.222. The van der Waals surface area contributed by atoms with Gasteiger partial charge < -0.3 is 14.7 Å². The molecule has 124 valence electrons. The van der Waals surface area contributed by atoms with Gasteiger partial charge in [0.2, 0.25) is 0 Å². The number of rotatable bonds is 6. The molecule has 1 aromatic carbocycles. The minimum absolute atomic E-state index is 0.0961. The Balaban J connectivity index is 1.66.